The molecule has 0 fully saturated rings. The van der Waals surface area contributed by atoms with E-state index in [0.29, 0.717) is 29.7 Å². The van der Waals surface area contributed by atoms with Crippen LogP contribution >= 0.6 is 0 Å². The Kier molecular flexibility index (Phi) is 2.66. The molecule has 0 aliphatic rings. The van der Waals surface area contributed by atoms with Crippen molar-refractivity contribution in [2.45, 2.75) is 26.7 Å². The van der Waals surface area contributed by atoms with Crippen LogP contribution in [0.5, 0.6) is 11.5 Å². The number of nitrogen functional groups attached to an aromatic ring is 1. The minimum atomic E-state index is 0.108. The molecular weight excluding hydrogens is 166 g/mol. The fraction of sp³-hybridized carbons (Fsp3) is 0.400. The van der Waals surface area contributed by atoms with Gasteiger partial charge in [0.15, 0.2) is 0 Å². The molecule has 0 saturated carbocycles. The minimum Gasteiger partial charge on any atom is -0.508 e. The predicted octanol–water partition coefficient (Wildman–Crippen LogP) is 1.80. The van der Waals surface area contributed by atoms with Gasteiger partial charge >= 0.3 is 0 Å². The number of aryl methyl sites for hydroxylation is 1. The summed E-state index contributed by atoms with van der Waals surface area (Å²) < 4.78 is 0. The number of phenolic OH excluding ortho intramolecular Hbond substituents is 2. The highest BCUT2D eigenvalue weighted by Gasteiger charge is 2.12. The number of aromatic hydroxyl groups is 2. The van der Waals surface area contributed by atoms with Gasteiger partial charge in [-0.15, -0.1) is 0 Å². The highest BCUT2D eigenvalue weighted by molar-refractivity contribution is 5.66. The molecule has 0 radical (unpaired) electrons. The fourth-order valence-corrected chi connectivity index (χ4v) is 1.42. The Labute approximate surface area is 77.8 Å². The van der Waals surface area contributed by atoms with Crippen LogP contribution in [0.1, 0.15) is 25.0 Å². The zero-order chi connectivity index (χ0) is 10.0. The molecule has 1 rings (SSSR count). The van der Waals surface area contributed by atoms with Crippen molar-refractivity contribution < 1.29 is 10.2 Å². The van der Waals surface area contributed by atoms with E-state index < -0.39 is 0 Å². The molecule has 1 aromatic carbocycles. The van der Waals surface area contributed by atoms with Crippen molar-refractivity contribution in [1.82, 2.24) is 0 Å². The van der Waals surface area contributed by atoms with Crippen LogP contribution in [-0.2, 0) is 12.8 Å². The van der Waals surface area contributed by atoms with Crippen molar-refractivity contribution in [2.75, 3.05) is 5.73 Å². The lowest BCUT2D eigenvalue weighted by Gasteiger charge is -2.11. The van der Waals surface area contributed by atoms with Gasteiger partial charge in [0.1, 0.15) is 11.5 Å². The van der Waals surface area contributed by atoms with Gasteiger partial charge in [-0.2, -0.15) is 0 Å². The smallest absolute Gasteiger partial charge is 0.142 e. The molecule has 0 spiro atoms. The van der Waals surface area contributed by atoms with Crippen LogP contribution < -0.4 is 5.73 Å². The van der Waals surface area contributed by atoms with Crippen molar-refractivity contribution in [3.05, 3.63) is 17.2 Å². The number of anilines is 1. The maximum atomic E-state index is 9.60. The number of rotatable bonds is 2. The lowest BCUT2D eigenvalue weighted by Crippen LogP contribution is -1.97. The first-order valence-electron chi connectivity index (χ1n) is 4.43. The Morgan fingerprint density at radius 2 is 1.85 bits per heavy atom. The summed E-state index contributed by atoms with van der Waals surface area (Å²) in [5.41, 5.74) is 7.27. The van der Waals surface area contributed by atoms with Crippen molar-refractivity contribution in [3.8, 4) is 11.5 Å². The molecule has 4 N–H and O–H groups in total. The lowest BCUT2D eigenvalue weighted by atomic mass is 10.0. The second-order valence-corrected chi connectivity index (χ2v) is 3.00. The van der Waals surface area contributed by atoms with E-state index >= 15 is 0 Å². The third kappa shape index (κ3) is 1.54. The zero-order valence-electron chi connectivity index (χ0n) is 7.96. The summed E-state index contributed by atoms with van der Waals surface area (Å²) in [7, 11) is 0. The zero-order valence-corrected chi connectivity index (χ0v) is 7.96. The van der Waals surface area contributed by atoms with Crippen LogP contribution in [0.4, 0.5) is 5.69 Å². The SMILES string of the molecule is CCc1cc(O)c(CC)c(N)c1O. The largest absolute Gasteiger partial charge is 0.508 e. The highest BCUT2D eigenvalue weighted by atomic mass is 16.3. The van der Waals surface area contributed by atoms with E-state index in [9.17, 15) is 10.2 Å². The summed E-state index contributed by atoms with van der Waals surface area (Å²) >= 11 is 0. The topological polar surface area (TPSA) is 66.5 Å². The van der Waals surface area contributed by atoms with Crippen molar-refractivity contribution >= 4 is 5.69 Å². The molecule has 3 nitrogen and oxygen atoms in total. The van der Waals surface area contributed by atoms with Crippen molar-refractivity contribution in [1.29, 1.82) is 0 Å². The molecule has 0 aliphatic heterocycles. The molecule has 0 bridgehead atoms. The second-order valence-electron chi connectivity index (χ2n) is 3.00. The highest BCUT2D eigenvalue weighted by Crippen LogP contribution is 2.35. The summed E-state index contributed by atoms with van der Waals surface area (Å²) in [5.74, 6) is 0.284. The summed E-state index contributed by atoms with van der Waals surface area (Å²) in [4.78, 5) is 0. The predicted molar refractivity (Wildman–Crippen MR) is 52.9 cm³/mol. The van der Waals surface area contributed by atoms with Crippen LogP contribution in [0, 0.1) is 0 Å². The summed E-state index contributed by atoms with van der Waals surface area (Å²) in [6.07, 6.45) is 1.28. The van der Waals surface area contributed by atoms with Gasteiger partial charge in [0, 0.05) is 5.56 Å². The molecule has 0 atom stereocenters. The van der Waals surface area contributed by atoms with Gasteiger partial charge in [-0.05, 0) is 24.5 Å². The van der Waals surface area contributed by atoms with Crippen LogP contribution in [0.15, 0.2) is 6.07 Å². The Balaban J connectivity index is 3.37. The Morgan fingerprint density at radius 3 is 2.31 bits per heavy atom. The molecule has 1 aromatic rings. The van der Waals surface area contributed by atoms with Gasteiger partial charge in [-0.1, -0.05) is 13.8 Å². The molecule has 0 aliphatic carbocycles. The number of phenols is 2. The van der Waals surface area contributed by atoms with E-state index in [1.807, 2.05) is 13.8 Å². The van der Waals surface area contributed by atoms with Gasteiger partial charge in [0.2, 0.25) is 0 Å². The van der Waals surface area contributed by atoms with E-state index in [1.54, 1.807) is 6.07 Å². The first-order valence-corrected chi connectivity index (χ1v) is 4.43. The molecular formula is C10H15NO2. The van der Waals surface area contributed by atoms with E-state index in [0.717, 1.165) is 0 Å². The van der Waals surface area contributed by atoms with Crippen molar-refractivity contribution in [2.24, 2.45) is 0 Å². The van der Waals surface area contributed by atoms with E-state index in [-0.39, 0.29) is 11.5 Å². The standard InChI is InChI=1S/C10H15NO2/c1-3-6-5-8(12)7(4-2)9(11)10(6)13/h5,12-13H,3-4,11H2,1-2H3. The Hall–Kier alpha value is -1.38. The summed E-state index contributed by atoms with van der Waals surface area (Å²) in [6.45, 7) is 3.79. The molecule has 0 amide bonds. The number of nitrogens with two attached hydrogens (primary N) is 1. The number of benzene rings is 1. The molecule has 0 unspecified atom stereocenters. The molecule has 72 valence electrons. The van der Waals surface area contributed by atoms with E-state index in [2.05, 4.69) is 0 Å². The molecule has 0 aromatic heterocycles. The number of hydrogen-bond donors (Lipinski definition) is 3. The first-order chi connectivity index (χ1) is 6.11. The fourth-order valence-electron chi connectivity index (χ4n) is 1.42. The first kappa shape index (κ1) is 9.71. The second kappa shape index (κ2) is 3.56. The summed E-state index contributed by atoms with van der Waals surface area (Å²) in [6, 6.07) is 1.57. The van der Waals surface area contributed by atoms with Crippen LogP contribution in [0.3, 0.4) is 0 Å². The van der Waals surface area contributed by atoms with E-state index in [1.165, 1.54) is 0 Å². The maximum Gasteiger partial charge on any atom is 0.142 e. The normalized spacial score (nSPS) is 10.3. The van der Waals surface area contributed by atoms with E-state index in [4.69, 9.17) is 5.73 Å². The number of hydrogen-bond acceptors (Lipinski definition) is 3. The minimum absolute atomic E-state index is 0.108. The monoisotopic (exact) mass is 181 g/mol. The van der Waals surface area contributed by atoms with Crippen LogP contribution in [0.25, 0.3) is 0 Å². The van der Waals surface area contributed by atoms with Gasteiger partial charge in [0.25, 0.3) is 0 Å². The van der Waals surface area contributed by atoms with Gasteiger partial charge in [-0.25, -0.2) is 0 Å². The molecule has 0 heterocycles. The quantitative estimate of drug-likeness (QED) is 0.370. The average molecular weight is 181 g/mol. The van der Waals surface area contributed by atoms with Crippen LogP contribution in [0.2, 0.25) is 0 Å². The Morgan fingerprint density at radius 1 is 1.23 bits per heavy atom. The maximum absolute atomic E-state index is 9.60. The van der Waals surface area contributed by atoms with Gasteiger partial charge in [-0.3, -0.25) is 0 Å². The van der Waals surface area contributed by atoms with Gasteiger partial charge in [0.05, 0.1) is 5.69 Å². The van der Waals surface area contributed by atoms with Crippen molar-refractivity contribution in [3.63, 3.8) is 0 Å². The molecule has 0 saturated heterocycles. The summed E-state index contributed by atoms with van der Waals surface area (Å²) in [5, 5.41) is 19.1. The molecule has 3 heteroatoms. The Bertz CT molecular complexity index is 321. The average Bonchev–Trinajstić information content (AvgIpc) is 2.12. The third-order valence-electron chi connectivity index (χ3n) is 2.24. The molecule has 13 heavy (non-hydrogen) atoms. The third-order valence-corrected chi connectivity index (χ3v) is 2.24. The lowest BCUT2D eigenvalue weighted by molar-refractivity contribution is 0.452. The van der Waals surface area contributed by atoms with Crippen LogP contribution in [-0.4, -0.2) is 10.2 Å². The van der Waals surface area contributed by atoms with Gasteiger partial charge < -0.3 is 15.9 Å².